The van der Waals surface area contributed by atoms with Crippen LogP contribution in [0.2, 0.25) is 0 Å². The van der Waals surface area contributed by atoms with Crippen molar-refractivity contribution in [3.05, 3.63) is 71.8 Å². The van der Waals surface area contributed by atoms with Crippen LogP contribution in [0.1, 0.15) is 50.2 Å². The van der Waals surface area contributed by atoms with Crippen molar-refractivity contribution in [2.75, 3.05) is 5.32 Å². The summed E-state index contributed by atoms with van der Waals surface area (Å²) in [6.07, 6.45) is 8.77. The lowest BCUT2D eigenvalue weighted by molar-refractivity contribution is -0.123. The molecule has 0 heterocycles. The van der Waals surface area contributed by atoms with Gasteiger partial charge in [0.2, 0.25) is 11.8 Å². The van der Waals surface area contributed by atoms with Gasteiger partial charge in [-0.3, -0.25) is 13.8 Å². The van der Waals surface area contributed by atoms with Crippen LogP contribution in [-0.2, 0) is 26.1 Å². The predicted octanol–water partition coefficient (Wildman–Crippen LogP) is 4.42. The first-order chi connectivity index (χ1) is 15.0. The molecule has 3 rings (SSSR count). The van der Waals surface area contributed by atoms with E-state index in [0.29, 0.717) is 11.4 Å². The minimum absolute atomic E-state index is 0.283. The molecule has 6 heteroatoms. The standard InChI is InChI=1S/C25H30N2O3S/c1-19(26-24(28)16-15-20-9-4-2-5-10-20)25(29)27-22-12-8-11-21(17-22)18-31(30)23-13-6-3-7-14-23/h2,4-5,8-12,15-17,19,23H,3,6-7,13-14,18H2,1H3,(H,26,28)(H,27,29)/b16-15+. The lowest BCUT2D eigenvalue weighted by Gasteiger charge is -2.21. The Hall–Kier alpha value is -2.73. The lowest BCUT2D eigenvalue weighted by Crippen LogP contribution is -2.40. The van der Waals surface area contributed by atoms with E-state index in [9.17, 15) is 13.8 Å². The number of carbonyl (C=O) groups excluding carboxylic acids is 2. The van der Waals surface area contributed by atoms with E-state index in [-0.39, 0.29) is 17.1 Å². The SMILES string of the molecule is CC(NC(=O)/C=C/c1ccccc1)C(=O)Nc1cccc(CS(=O)C2CCCCC2)c1. The van der Waals surface area contributed by atoms with E-state index in [1.54, 1.807) is 19.1 Å². The Morgan fingerprint density at radius 1 is 1.06 bits per heavy atom. The van der Waals surface area contributed by atoms with Gasteiger partial charge in [0.15, 0.2) is 0 Å². The van der Waals surface area contributed by atoms with E-state index in [1.165, 1.54) is 12.5 Å². The summed E-state index contributed by atoms with van der Waals surface area (Å²) in [5.41, 5.74) is 2.51. The van der Waals surface area contributed by atoms with Gasteiger partial charge < -0.3 is 10.6 Å². The Bertz CT molecular complexity index is 937. The highest BCUT2D eigenvalue weighted by atomic mass is 32.2. The minimum Gasteiger partial charge on any atom is -0.341 e. The van der Waals surface area contributed by atoms with Crippen molar-refractivity contribution in [2.24, 2.45) is 0 Å². The summed E-state index contributed by atoms with van der Waals surface area (Å²) in [6, 6.07) is 16.3. The van der Waals surface area contributed by atoms with E-state index in [2.05, 4.69) is 10.6 Å². The average molecular weight is 439 g/mol. The van der Waals surface area contributed by atoms with Crippen LogP contribution in [-0.4, -0.2) is 27.3 Å². The first-order valence-corrected chi connectivity index (χ1v) is 12.2. The number of amides is 2. The molecule has 2 N–H and O–H groups in total. The highest BCUT2D eigenvalue weighted by Gasteiger charge is 2.20. The van der Waals surface area contributed by atoms with Crippen molar-refractivity contribution >= 4 is 34.4 Å². The van der Waals surface area contributed by atoms with Crippen LogP contribution in [0.25, 0.3) is 6.08 Å². The average Bonchev–Trinajstić information content (AvgIpc) is 2.79. The van der Waals surface area contributed by atoms with Gasteiger partial charge in [-0.15, -0.1) is 0 Å². The summed E-state index contributed by atoms with van der Waals surface area (Å²) in [5.74, 6) is -0.125. The smallest absolute Gasteiger partial charge is 0.246 e. The monoisotopic (exact) mass is 438 g/mol. The molecule has 31 heavy (non-hydrogen) atoms. The maximum Gasteiger partial charge on any atom is 0.246 e. The second-order valence-electron chi connectivity index (χ2n) is 7.95. The first-order valence-electron chi connectivity index (χ1n) is 10.8. The van der Waals surface area contributed by atoms with Gasteiger partial charge >= 0.3 is 0 Å². The zero-order valence-corrected chi connectivity index (χ0v) is 18.7. The molecule has 0 bridgehead atoms. The largest absolute Gasteiger partial charge is 0.341 e. The third-order valence-electron chi connectivity index (χ3n) is 5.41. The van der Waals surface area contributed by atoms with Crippen molar-refractivity contribution in [1.29, 1.82) is 0 Å². The maximum absolute atomic E-state index is 12.7. The molecule has 1 aliphatic carbocycles. The molecule has 1 fully saturated rings. The van der Waals surface area contributed by atoms with Crippen molar-refractivity contribution in [2.45, 2.75) is 56.1 Å². The van der Waals surface area contributed by atoms with Gasteiger partial charge in [0.1, 0.15) is 6.04 Å². The summed E-state index contributed by atoms with van der Waals surface area (Å²) >= 11 is 0. The molecular formula is C25H30N2O3S. The van der Waals surface area contributed by atoms with Crippen molar-refractivity contribution in [1.82, 2.24) is 5.32 Å². The Labute approximate surface area is 186 Å². The molecule has 2 aromatic carbocycles. The molecular weight excluding hydrogens is 408 g/mol. The minimum atomic E-state index is -0.891. The molecule has 2 aromatic rings. The molecule has 0 radical (unpaired) electrons. The van der Waals surface area contributed by atoms with Crippen LogP contribution >= 0.6 is 0 Å². The zero-order valence-electron chi connectivity index (χ0n) is 17.9. The van der Waals surface area contributed by atoms with Crippen molar-refractivity contribution in [3.8, 4) is 0 Å². The molecule has 0 spiro atoms. The fourth-order valence-electron chi connectivity index (χ4n) is 3.66. The van der Waals surface area contributed by atoms with E-state index < -0.39 is 16.8 Å². The molecule has 0 saturated heterocycles. The molecule has 2 atom stereocenters. The van der Waals surface area contributed by atoms with E-state index >= 15 is 0 Å². The zero-order chi connectivity index (χ0) is 22.1. The summed E-state index contributed by atoms with van der Waals surface area (Å²) in [5, 5.41) is 5.79. The van der Waals surface area contributed by atoms with E-state index in [1.807, 2.05) is 48.5 Å². The maximum atomic E-state index is 12.7. The van der Waals surface area contributed by atoms with Crippen LogP contribution in [0, 0.1) is 0 Å². The number of hydrogen-bond acceptors (Lipinski definition) is 3. The van der Waals surface area contributed by atoms with Gasteiger partial charge in [-0.25, -0.2) is 0 Å². The predicted molar refractivity (Wildman–Crippen MR) is 127 cm³/mol. The second-order valence-corrected chi connectivity index (χ2v) is 9.67. The fourth-order valence-corrected chi connectivity index (χ4v) is 5.27. The summed E-state index contributed by atoms with van der Waals surface area (Å²) in [6.45, 7) is 1.64. The summed E-state index contributed by atoms with van der Waals surface area (Å²) in [4.78, 5) is 24.6. The van der Waals surface area contributed by atoms with Crippen molar-refractivity contribution < 1.29 is 13.8 Å². The molecule has 5 nitrogen and oxygen atoms in total. The van der Waals surface area contributed by atoms with Crippen LogP contribution in [0.4, 0.5) is 5.69 Å². The van der Waals surface area contributed by atoms with Crippen LogP contribution < -0.4 is 10.6 Å². The normalized spacial score (nSPS) is 16.5. The topological polar surface area (TPSA) is 75.3 Å². The van der Waals surface area contributed by atoms with E-state index in [4.69, 9.17) is 0 Å². The Kier molecular flexibility index (Phi) is 8.59. The number of carbonyl (C=O) groups is 2. The van der Waals surface area contributed by atoms with Crippen LogP contribution in [0.15, 0.2) is 60.7 Å². The van der Waals surface area contributed by atoms with E-state index in [0.717, 1.165) is 36.8 Å². The number of benzene rings is 2. The highest BCUT2D eigenvalue weighted by Crippen LogP contribution is 2.24. The Morgan fingerprint density at radius 3 is 2.55 bits per heavy atom. The Balaban J connectivity index is 1.51. The number of rotatable bonds is 8. The molecule has 164 valence electrons. The molecule has 0 aromatic heterocycles. The number of anilines is 1. The highest BCUT2D eigenvalue weighted by molar-refractivity contribution is 7.84. The molecule has 0 aliphatic heterocycles. The Morgan fingerprint density at radius 2 is 1.81 bits per heavy atom. The summed E-state index contributed by atoms with van der Waals surface area (Å²) < 4.78 is 12.7. The van der Waals surface area contributed by atoms with Gasteiger partial charge in [0.05, 0.1) is 0 Å². The molecule has 2 unspecified atom stereocenters. The van der Waals surface area contributed by atoms with Gasteiger partial charge in [-0.05, 0) is 49.1 Å². The number of hydrogen-bond donors (Lipinski definition) is 2. The first kappa shape index (κ1) is 22.9. The molecule has 2 amide bonds. The quantitative estimate of drug-likeness (QED) is 0.599. The third kappa shape index (κ3) is 7.47. The molecule has 1 saturated carbocycles. The van der Waals surface area contributed by atoms with Gasteiger partial charge in [-0.2, -0.15) is 0 Å². The third-order valence-corrected chi connectivity index (χ3v) is 7.24. The molecule has 1 aliphatic rings. The van der Waals surface area contributed by atoms with Gasteiger partial charge in [-0.1, -0.05) is 61.7 Å². The van der Waals surface area contributed by atoms with Gasteiger partial charge in [0.25, 0.3) is 0 Å². The second kappa shape index (κ2) is 11.6. The van der Waals surface area contributed by atoms with Crippen molar-refractivity contribution in [3.63, 3.8) is 0 Å². The van der Waals surface area contributed by atoms with Crippen LogP contribution in [0.3, 0.4) is 0 Å². The van der Waals surface area contributed by atoms with Crippen LogP contribution in [0.5, 0.6) is 0 Å². The fraction of sp³-hybridized carbons (Fsp3) is 0.360. The summed E-state index contributed by atoms with van der Waals surface area (Å²) in [7, 11) is -0.891. The lowest BCUT2D eigenvalue weighted by atomic mass is 10.0. The van der Waals surface area contributed by atoms with Gasteiger partial charge in [0, 0.05) is 33.6 Å². The number of nitrogens with one attached hydrogen (secondary N) is 2.